The standard InChI is InChI=1S/C9H13FN2O/c1-3-9(13)12(2)8-6-4-5-7(10)11-8/h4-5,8H,3,6H2,1-2H3. The van der Waals surface area contributed by atoms with Crippen LogP contribution in [-0.2, 0) is 4.79 Å². The Morgan fingerprint density at radius 3 is 3.08 bits per heavy atom. The van der Waals surface area contributed by atoms with Crippen LogP contribution in [0.15, 0.2) is 17.1 Å². The second-order valence-electron chi connectivity index (χ2n) is 2.93. The van der Waals surface area contributed by atoms with Gasteiger partial charge in [0, 0.05) is 19.9 Å². The molecule has 0 saturated carbocycles. The van der Waals surface area contributed by atoms with Crippen LogP contribution in [0, 0.1) is 0 Å². The summed E-state index contributed by atoms with van der Waals surface area (Å²) in [5, 5.41) is 0. The van der Waals surface area contributed by atoms with Crippen LogP contribution < -0.4 is 0 Å². The first kappa shape index (κ1) is 9.89. The Balaban J connectivity index is 2.63. The van der Waals surface area contributed by atoms with Gasteiger partial charge < -0.3 is 4.90 Å². The summed E-state index contributed by atoms with van der Waals surface area (Å²) in [6, 6.07) is 0. The van der Waals surface area contributed by atoms with Gasteiger partial charge in [-0.3, -0.25) is 4.79 Å². The van der Waals surface area contributed by atoms with Crippen molar-refractivity contribution in [3.05, 3.63) is 12.2 Å². The molecule has 1 aliphatic heterocycles. The summed E-state index contributed by atoms with van der Waals surface area (Å²) >= 11 is 0. The minimum atomic E-state index is -0.507. The Morgan fingerprint density at radius 2 is 2.54 bits per heavy atom. The van der Waals surface area contributed by atoms with Gasteiger partial charge in [-0.15, -0.1) is 0 Å². The minimum Gasteiger partial charge on any atom is -0.323 e. The van der Waals surface area contributed by atoms with Gasteiger partial charge in [0.2, 0.25) is 11.9 Å². The zero-order chi connectivity index (χ0) is 9.84. The van der Waals surface area contributed by atoms with Crippen molar-refractivity contribution >= 4 is 11.9 Å². The average Bonchev–Trinajstić information content (AvgIpc) is 2.15. The largest absolute Gasteiger partial charge is 0.323 e. The van der Waals surface area contributed by atoms with Crippen molar-refractivity contribution in [2.45, 2.75) is 25.9 Å². The molecule has 0 N–H and O–H groups in total. The number of hydrogen-bond donors (Lipinski definition) is 0. The number of hydrogen-bond acceptors (Lipinski definition) is 2. The van der Waals surface area contributed by atoms with Gasteiger partial charge in [-0.2, -0.15) is 4.39 Å². The second-order valence-corrected chi connectivity index (χ2v) is 2.93. The Morgan fingerprint density at radius 1 is 1.85 bits per heavy atom. The van der Waals surface area contributed by atoms with Crippen molar-refractivity contribution in [3.8, 4) is 0 Å². The van der Waals surface area contributed by atoms with Crippen LogP contribution >= 0.6 is 0 Å². The van der Waals surface area contributed by atoms with Crippen LogP contribution in [0.2, 0.25) is 0 Å². The maximum atomic E-state index is 12.7. The van der Waals surface area contributed by atoms with Gasteiger partial charge in [0.1, 0.15) is 6.17 Å². The summed E-state index contributed by atoms with van der Waals surface area (Å²) in [5.41, 5.74) is 0. The molecule has 1 rings (SSSR count). The molecule has 0 aliphatic carbocycles. The molecule has 0 bridgehead atoms. The van der Waals surface area contributed by atoms with Crippen LogP contribution in [0.4, 0.5) is 4.39 Å². The number of dihydropyridines is 1. The molecule has 1 atom stereocenters. The van der Waals surface area contributed by atoms with Gasteiger partial charge in [-0.25, -0.2) is 4.99 Å². The summed E-state index contributed by atoms with van der Waals surface area (Å²) < 4.78 is 12.7. The SMILES string of the molecule is CCC(=O)N(C)C1CC=CC(F)=N1. The number of nitrogens with zero attached hydrogens (tertiary/aromatic N) is 2. The van der Waals surface area contributed by atoms with Gasteiger partial charge in [0.15, 0.2) is 0 Å². The number of carbonyl (C=O) groups is 1. The van der Waals surface area contributed by atoms with Crippen LogP contribution in [0.3, 0.4) is 0 Å². The molecule has 1 unspecified atom stereocenters. The van der Waals surface area contributed by atoms with E-state index < -0.39 is 5.97 Å². The maximum Gasteiger partial charge on any atom is 0.223 e. The van der Waals surface area contributed by atoms with Crippen LogP contribution in [0.1, 0.15) is 19.8 Å². The summed E-state index contributed by atoms with van der Waals surface area (Å²) in [6.45, 7) is 1.78. The van der Waals surface area contributed by atoms with E-state index in [2.05, 4.69) is 4.99 Å². The highest BCUT2D eigenvalue weighted by Crippen LogP contribution is 2.11. The van der Waals surface area contributed by atoms with Gasteiger partial charge in [-0.1, -0.05) is 13.0 Å². The topological polar surface area (TPSA) is 32.7 Å². The molecular formula is C9H13FN2O. The zero-order valence-electron chi connectivity index (χ0n) is 7.83. The molecule has 0 spiro atoms. The third-order valence-electron chi connectivity index (χ3n) is 2.02. The van der Waals surface area contributed by atoms with E-state index in [4.69, 9.17) is 0 Å². The highest BCUT2D eigenvalue weighted by Gasteiger charge is 2.18. The van der Waals surface area contributed by atoms with Gasteiger partial charge >= 0.3 is 0 Å². The number of amides is 1. The van der Waals surface area contributed by atoms with Crippen molar-refractivity contribution in [2.75, 3.05) is 7.05 Å². The lowest BCUT2D eigenvalue weighted by molar-refractivity contribution is -0.131. The third-order valence-corrected chi connectivity index (χ3v) is 2.02. The normalized spacial score (nSPS) is 21.2. The number of allylic oxidation sites excluding steroid dienone is 1. The lowest BCUT2D eigenvalue weighted by atomic mass is 10.2. The lowest BCUT2D eigenvalue weighted by Gasteiger charge is -2.24. The molecule has 0 fully saturated rings. The van der Waals surface area contributed by atoms with Crippen molar-refractivity contribution < 1.29 is 9.18 Å². The molecule has 1 aliphatic rings. The molecule has 13 heavy (non-hydrogen) atoms. The lowest BCUT2D eigenvalue weighted by Crippen LogP contribution is -2.36. The van der Waals surface area contributed by atoms with Crippen molar-refractivity contribution in [2.24, 2.45) is 4.99 Å². The predicted molar refractivity (Wildman–Crippen MR) is 49.1 cm³/mol. The molecule has 1 amide bonds. The fourth-order valence-electron chi connectivity index (χ4n) is 1.19. The van der Waals surface area contributed by atoms with Crippen molar-refractivity contribution in [3.63, 3.8) is 0 Å². The Hall–Kier alpha value is -1.19. The van der Waals surface area contributed by atoms with Crippen molar-refractivity contribution in [1.82, 2.24) is 4.90 Å². The molecule has 0 aromatic heterocycles. The monoisotopic (exact) mass is 184 g/mol. The first-order valence-corrected chi connectivity index (χ1v) is 4.30. The predicted octanol–water partition coefficient (Wildman–Crippen LogP) is 1.51. The minimum absolute atomic E-state index is 0.0168. The van der Waals surface area contributed by atoms with E-state index in [1.165, 1.54) is 11.0 Å². The fraction of sp³-hybridized carbons (Fsp3) is 0.556. The maximum absolute atomic E-state index is 12.7. The van der Waals surface area contributed by atoms with E-state index in [9.17, 15) is 9.18 Å². The van der Waals surface area contributed by atoms with Gasteiger partial charge in [0.25, 0.3) is 0 Å². The molecule has 0 aromatic carbocycles. The Labute approximate surface area is 76.9 Å². The summed E-state index contributed by atoms with van der Waals surface area (Å²) in [7, 11) is 1.65. The zero-order valence-corrected chi connectivity index (χ0v) is 7.83. The van der Waals surface area contributed by atoms with E-state index >= 15 is 0 Å². The second kappa shape index (κ2) is 4.16. The summed E-state index contributed by atoms with van der Waals surface area (Å²) in [4.78, 5) is 16.4. The summed E-state index contributed by atoms with van der Waals surface area (Å²) in [6.07, 6.45) is 3.66. The molecule has 0 saturated heterocycles. The van der Waals surface area contributed by atoms with E-state index in [1.54, 1.807) is 20.0 Å². The molecule has 0 aromatic rings. The highest BCUT2D eigenvalue weighted by atomic mass is 19.1. The van der Waals surface area contributed by atoms with E-state index in [-0.39, 0.29) is 12.1 Å². The number of aliphatic imine (C=N–C) groups is 1. The average molecular weight is 184 g/mol. The first-order valence-electron chi connectivity index (χ1n) is 4.30. The number of halogens is 1. The molecule has 3 nitrogen and oxygen atoms in total. The van der Waals surface area contributed by atoms with Crippen LogP contribution in [-0.4, -0.2) is 30.0 Å². The Bertz CT molecular complexity index is 260. The molecule has 72 valence electrons. The molecule has 4 heteroatoms. The number of rotatable bonds is 2. The first-order chi connectivity index (χ1) is 6.15. The molecular weight excluding hydrogens is 171 g/mol. The van der Waals surface area contributed by atoms with Crippen LogP contribution in [0.25, 0.3) is 0 Å². The smallest absolute Gasteiger partial charge is 0.223 e. The highest BCUT2D eigenvalue weighted by molar-refractivity contribution is 5.87. The van der Waals surface area contributed by atoms with Gasteiger partial charge in [0.05, 0.1) is 0 Å². The number of carbonyl (C=O) groups excluding carboxylic acids is 1. The van der Waals surface area contributed by atoms with E-state index in [0.717, 1.165) is 0 Å². The fourth-order valence-corrected chi connectivity index (χ4v) is 1.19. The summed E-state index contributed by atoms with van der Waals surface area (Å²) in [5.74, 6) is -0.524. The van der Waals surface area contributed by atoms with Crippen LogP contribution in [0.5, 0.6) is 0 Å². The molecule has 0 radical (unpaired) electrons. The van der Waals surface area contributed by atoms with Crippen molar-refractivity contribution in [1.29, 1.82) is 0 Å². The Kier molecular flexibility index (Phi) is 3.17. The van der Waals surface area contributed by atoms with Gasteiger partial charge in [-0.05, 0) is 6.08 Å². The third kappa shape index (κ3) is 2.37. The quantitative estimate of drug-likeness (QED) is 0.640. The van der Waals surface area contributed by atoms with E-state index in [0.29, 0.717) is 12.8 Å². The van der Waals surface area contributed by atoms with E-state index in [1.807, 2.05) is 0 Å². The molecule has 1 heterocycles.